The van der Waals surface area contributed by atoms with E-state index >= 15 is 0 Å². The molecule has 5 rings (SSSR count). The Hall–Kier alpha value is -4.53. The molecule has 5 aromatic rings. The summed E-state index contributed by atoms with van der Waals surface area (Å²) < 4.78 is 9.32. The van der Waals surface area contributed by atoms with Crippen molar-refractivity contribution in [2.75, 3.05) is 6.61 Å². The van der Waals surface area contributed by atoms with Gasteiger partial charge in [0.15, 0.2) is 5.21 Å². The lowest BCUT2D eigenvalue weighted by Crippen LogP contribution is -2.32. The van der Waals surface area contributed by atoms with E-state index in [9.17, 15) is 9.90 Å². The Bertz CT molecular complexity index is 1490. The molecule has 2 aromatic heterocycles. The highest BCUT2D eigenvalue weighted by atomic mass is 16.5. The highest BCUT2D eigenvalue weighted by Gasteiger charge is 2.20. The van der Waals surface area contributed by atoms with Gasteiger partial charge in [0.2, 0.25) is 0 Å². The van der Waals surface area contributed by atoms with Crippen molar-refractivity contribution in [3.63, 3.8) is 0 Å². The molecule has 0 atom stereocenters. The molecule has 9 nitrogen and oxygen atoms in total. The van der Waals surface area contributed by atoms with Crippen molar-refractivity contribution in [1.29, 1.82) is 0 Å². The summed E-state index contributed by atoms with van der Waals surface area (Å²) in [4.78, 5) is 16.4. The maximum absolute atomic E-state index is 11.8. The van der Waals surface area contributed by atoms with Crippen LogP contribution in [0.15, 0.2) is 66.7 Å². The largest absolute Gasteiger partial charge is 0.478 e. The van der Waals surface area contributed by atoms with Crippen LogP contribution in [-0.4, -0.2) is 42.8 Å². The highest BCUT2D eigenvalue weighted by Crippen LogP contribution is 2.30. The van der Waals surface area contributed by atoms with Gasteiger partial charge >= 0.3 is 11.8 Å². The fourth-order valence-corrected chi connectivity index (χ4v) is 4.11. The number of hydrogen-bond acceptors (Lipinski definition) is 5. The molecule has 0 amide bonds. The molecule has 0 spiro atoms. The van der Waals surface area contributed by atoms with Gasteiger partial charge in [0.05, 0.1) is 42.4 Å². The SMILES string of the molecule is CCOc1nc2cccc(C(=O)O)c2n1Cc1ccc(-c2ccccc2-c2nn[nH][n+]2C)cc1. The zero-order valence-electron chi connectivity index (χ0n) is 18.8. The maximum Gasteiger partial charge on any atom is 0.337 e. The summed E-state index contributed by atoms with van der Waals surface area (Å²) in [5.74, 6) is -0.255. The third-order valence-electron chi connectivity index (χ3n) is 5.67. The predicted molar refractivity (Wildman–Crippen MR) is 125 cm³/mol. The Labute approximate surface area is 195 Å². The number of aromatic nitrogens is 6. The molecule has 0 bridgehead atoms. The Morgan fingerprint density at radius 3 is 2.50 bits per heavy atom. The first-order chi connectivity index (χ1) is 16.6. The van der Waals surface area contributed by atoms with Crippen LogP contribution in [0.2, 0.25) is 0 Å². The van der Waals surface area contributed by atoms with Crippen molar-refractivity contribution < 1.29 is 19.3 Å². The monoisotopic (exact) mass is 455 g/mol. The number of carboxylic acids is 1. The average Bonchev–Trinajstić information content (AvgIpc) is 3.43. The number of hydrogen-bond donors (Lipinski definition) is 2. The minimum atomic E-state index is -0.997. The number of rotatable bonds is 7. The Kier molecular flexibility index (Phi) is 5.51. The average molecular weight is 455 g/mol. The molecule has 2 heterocycles. The number of imidazole rings is 1. The van der Waals surface area contributed by atoms with Crippen LogP contribution in [0.4, 0.5) is 0 Å². The van der Waals surface area contributed by atoms with Crippen molar-refractivity contribution in [1.82, 2.24) is 25.1 Å². The summed E-state index contributed by atoms with van der Waals surface area (Å²) >= 11 is 0. The first-order valence-corrected chi connectivity index (χ1v) is 10.9. The third-order valence-corrected chi connectivity index (χ3v) is 5.67. The second kappa shape index (κ2) is 8.78. The van der Waals surface area contributed by atoms with Crippen molar-refractivity contribution in [2.24, 2.45) is 7.05 Å². The number of fused-ring (bicyclic) bond motifs is 1. The van der Waals surface area contributed by atoms with Crippen LogP contribution in [0, 0.1) is 0 Å². The molecule has 0 aliphatic heterocycles. The molecule has 0 fully saturated rings. The van der Waals surface area contributed by atoms with E-state index in [1.165, 1.54) is 0 Å². The minimum absolute atomic E-state index is 0.196. The van der Waals surface area contributed by atoms with Gasteiger partial charge in [0, 0.05) is 0 Å². The summed E-state index contributed by atoms with van der Waals surface area (Å²) in [6.07, 6.45) is 0. The van der Waals surface area contributed by atoms with Crippen molar-refractivity contribution in [3.8, 4) is 28.5 Å². The van der Waals surface area contributed by atoms with Crippen LogP contribution in [0.5, 0.6) is 6.01 Å². The number of benzene rings is 3. The van der Waals surface area contributed by atoms with Gasteiger partial charge < -0.3 is 9.84 Å². The molecule has 9 heteroatoms. The van der Waals surface area contributed by atoms with E-state index in [2.05, 4.69) is 26.6 Å². The van der Waals surface area contributed by atoms with Crippen LogP contribution in [0.3, 0.4) is 0 Å². The molecule has 0 aliphatic carbocycles. The normalized spacial score (nSPS) is 11.1. The topological polar surface area (TPSA) is 110 Å². The summed E-state index contributed by atoms with van der Waals surface area (Å²) in [7, 11) is 1.87. The molecule has 0 saturated heterocycles. The van der Waals surface area contributed by atoms with E-state index in [0.29, 0.717) is 30.2 Å². The van der Waals surface area contributed by atoms with Crippen LogP contribution >= 0.6 is 0 Å². The molecule has 2 N–H and O–H groups in total. The van der Waals surface area contributed by atoms with E-state index in [1.54, 1.807) is 22.9 Å². The van der Waals surface area contributed by atoms with Gasteiger partial charge in [0.1, 0.15) is 5.10 Å². The molecule has 3 aromatic carbocycles. The second-order valence-corrected chi connectivity index (χ2v) is 7.82. The van der Waals surface area contributed by atoms with E-state index in [0.717, 1.165) is 28.1 Å². The van der Waals surface area contributed by atoms with Gasteiger partial charge in [-0.25, -0.2) is 4.79 Å². The molecule has 0 radical (unpaired) electrons. The molecule has 0 unspecified atom stereocenters. The smallest absolute Gasteiger partial charge is 0.337 e. The van der Waals surface area contributed by atoms with Gasteiger partial charge in [0.25, 0.3) is 6.01 Å². The number of carboxylic acid groups (broad SMARTS) is 1. The number of aromatic carboxylic acids is 1. The zero-order chi connectivity index (χ0) is 23.7. The lowest BCUT2D eigenvalue weighted by molar-refractivity contribution is -0.721. The number of aromatic amines is 1. The zero-order valence-corrected chi connectivity index (χ0v) is 18.8. The Morgan fingerprint density at radius 1 is 1.06 bits per heavy atom. The summed E-state index contributed by atoms with van der Waals surface area (Å²) in [5.41, 5.74) is 5.37. The lowest BCUT2D eigenvalue weighted by Gasteiger charge is -2.12. The lowest BCUT2D eigenvalue weighted by atomic mass is 9.98. The van der Waals surface area contributed by atoms with E-state index in [1.807, 2.05) is 61.0 Å². The molecule has 0 saturated carbocycles. The molecule has 170 valence electrons. The van der Waals surface area contributed by atoms with Gasteiger partial charge in [-0.2, -0.15) is 9.67 Å². The van der Waals surface area contributed by atoms with Gasteiger partial charge in [-0.15, -0.1) is 0 Å². The standard InChI is InChI=1S/C25H22N6O3/c1-3-34-25-26-21-10-6-9-20(24(32)33)22(21)31(25)15-16-11-13-17(14-12-16)18-7-4-5-8-19(18)23-27-28-29-30(23)2/h4-14H,3,15H2,1-2H3,(H,32,33)/p+1. The number of H-pyrrole nitrogens is 1. The Balaban J connectivity index is 1.53. The van der Waals surface area contributed by atoms with Crippen molar-refractivity contribution >= 4 is 17.0 Å². The number of nitrogens with one attached hydrogen (secondary N) is 1. The number of ether oxygens (including phenoxy) is 1. The van der Waals surface area contributed by atoms with E-state index in [-0.39, 0.29) is 5.56 Å². The fourth-order valence-electron chi connectivity index (χ4n) is 4.11. The molecular formula is C25H23N6O3+. The van der Waals surface area contributed by atoms with Gasteiger partial charge in [-0.1, -0.05) is 53.7 Å². The van der Waals surface area contributed by atoms with Crippen LogP contribution in [-0.2, 0) is 13.6 Å². The summed E-state index contributed by atoms with van der Waals surface area (Å²) in [6.45, 7) is 2.74. The Morgan fingerprint density at radius 2 is 1.82 bits per heavy atom. The van der Waals surface area contributed by atoms with E-state index in [4.69, 9.17) is 4.74 Å². The number of para-hydroxylation sites is 1. The fraction of sp³-hybridized carbons (Fsp3) is 0.160. The first-order valence-electron chi connectivity index (χ1n) is 10.9. The number of aryl methyl sites for hydroxylation is 1. The van der Waals surface area contributed by atoms with Crippen molar-refractivity contribution in [2.45, 2.75) is 13.5 Å². The summed E-state index contributed by atoms with van der Waals surface area (Å²) in [5, 5.41) is 20.6. The third kappa shape index (κ3) is 3.77. The van der Waals surface area contributed by atoms with Gasteiger partial charge in [-0.05, 0) is 41.8 Å². The first kappa shape index (κ1) is 21.3. The van der Waals surface area contributed by atoms with E-state index < -0.39 is 5.97 Å². The van der Waals surface area contributed by atoms with Crippen LogP contribution in [0.1, 0.15) is 22.8 Å². The maximum atomic E-state index is 11.8. The predicted octanol–water partition coefficient (Wildman–Crippen LogP) is 3.46. The minimum Gasteiger partial charge on any atom is -0.478 e. The molecule has 34 heavy (non-hydrogen) atoms. The summed E-state index contributed by atoms with van der Waals surface area (Å²) in [6, 6.07) is 21.7. The molecular weight excluding hydrogens is 432 g/mol. The van der Waals surface area contributed by atoms with Crippen LogP contribution < -0.4 is 9.42 Å². The van der Waals surface area contributed by atoms with Crippen molar-refractivity contribution in [3.05, 3.63) is 77.9 Å². The molecule has 0 aliphatic rings. The second-order valence-electron chi connectivity index (χ2n) is 7.82. The van der Waals surface area contributed by atoms with Gasteiger partial charge in [-0.3, -0.25) is 4.57 Å². The number of carbonyl (C=O) groups is 1. The quantitative estimate of drug-likeness (QED) is 0.364. The van der Waals surface area contributed by atoms with Crippen LogP contribution in [0.25, 0.3) is 33.5 Å². The highest BCUT2D eigenvalue weighted by molar-refractivity contribution is 6.01. The number of nitrogens with zero attached hydrogens (tertiary/aromatic N) is 5. The number of tetrazole rings is 1.